The summed E-state index contributed by atoms with van der Waals surface area (Å²) in [5.74, 6) is 0.683. The SMILES string of the molecule is CCN(CC)CCC(O)c1ncc(OC)nc1OC. The Balaban J connectivity index is 2.73. The maximum Gasteiger partial charge on any atom is 0.241 e. The quantitative estimate of drug-likeness (QED) is 0.766. The number of aliphatic hydroxyl groups excluding tert-OH is 1. The normalized spacial score (nSPS) is 12.5. The molecule has 1 rings (SSSR count). The van der Waals surface area contributed by atoms with E-state index in [2.05, 4.69) is 28.7 Å². The van der Waals surface area contributed by atoms with Gasteiger partial charge in [-0.15, -0.1) is 0 Å². The van der Waals surface area contributed by atoms with Crippen molar-refractivity contribution in [3.8, 4) is 11.8 Å². The molecular formula is C13H23N3O3. The van der Waals surface area contributed by atoms with Gasteiger partial charge in [0.15, 0.2) is 0 Å². The molecule has 0 aliphatic heterocycles. The van der Waals surface area contributed by atoms with Crippen molar-refractivity contribution in [3.05, 3.63) is 11.9 Å². The standard InChI is InChI=1S/C13H23N3O3/c1-5-16(6-2)8-7-10(17)12-13(19-4)15-11(18-3)9-14-12/h9-10,17H,5-8H2,1-4H3. The molecule has 1 aromatic heterocycles. The van der Waals surface area contributed by atoms with E-state index < -0.39 is 6.10 Å². The van der Waals surface area contributed by atoms with Crippen LogP contribution in [0.25, 0.3) is 0 Å². The number of methoxy groups -OCH3 is 2. The van der Waals surface area contributed by atoms with Crippen LogP contribution in [0.15, 0.2) is 6.20 Å². The third-order valence-corrected chi connectivity index (χ3v) is 3.08. The van der Waals surface area contributed by atoms with Crippen LogP contribution in [-0.2, 0) is 0 Å². The molecule has 0 saturated heterocycles. The second-order valence-electron chi connectivity index (χ2n) is 4.14. The number of rotatable bonds is 8. The highest BCUT2D eigenvalue weighted by Gasteiger charge is 2.18. The summed E-state index contributed by atoms with van der Waals surface area (Å²) in [4.78, 5) is 10.5. The van der Waals surface area contributed by atoms with Gasteiger partial charge in [-0.1, -0.05) is 13.8 Å². The fraction of sp³-hybridized carbons (Fsp3) is 0.692. The Kier molecular flexibility index (Phi) is 6.52. The van der Waals surface area contributed by atoms with Crippen molar-refractivity contribution in [2.45, 2.75) is 26.4 Å². The molecule has 1 atom stereocenters. The first-order valence-electron chi connectivity index (χ1n) is 6.51. The van der Waals surface area contributed by atoms with Gasteiger partial charge in [-0.3, -0.25) is 0 Å². The van der Waals surface area contributed by atoms with E-state index in [1.807, 2.05) is 0 Å². The fourth-order valence-corrected chi connectivity index (χ4v) is 1.82. The molecule has 0 aromatic carbocycles. The average Bonchev–Trinajstić information content (AvgIpc) is 2.47. The van der Waals surface area contributed by atoms with Gasteiger partial charge in [0.2, 0.25) is 11.8 Å². The van der Waals surface area contributed by atoms with Crippen molar-refractivity contribution in [2.75, 3.05) is 33.9 Å². The van der Waals surface area contributed by atoms with E-state index in [4.69, 9.17) is 9.47 Å². The Labute approximate surface area is 114 Å². The van der Waals surface area contributed by atoms with E-state index in [1.165, 1.54) is 20.4 Å². The molecule has 108 valence electrons. The van der Waals surface area contributed by atoms with Crippen LogP contribution >= 0.6 is 0 Å². The zero-order chi connectivity index (χ0) is 14.3. The molecule has 0 radical (unpaired) electrons. The predicted octanol–water partition coefficient (Wildman–Crippen LogP) is 1.26. The third kappa shape index (κ3) is 4.33. The van der Waals surface area contributed by atoms with Crippen molar-refractivity contribution in [3.63, 3.8) is 0 Å². The summed E-state index contributed by atoms with van der Waals surface area (Å²) in [6.07, 6.45) is 1.39. The van der Waals surface area contributed by atoms with Gasteiger partial charge >= 0.3 is 0 Å². The first kappa shape index (κ1) is 15.7. The maximum atomic E-state index is 10.2. The van der Waals surface area contributed by atoms with Crippen LogP contribution < -0.4 is 9.47 Å². The number of ether oxygens (including phenoxy) is 2. The lowest BCUT2D eigenvalue weighted by Crippen LogP contribution is -2.25. The lowest BCUT2D eigenvalue weighted by Gasteiger charge is -2.20. The van der Waals surface area contributed by atoms with Crippen molar-refractivity contribution in [2.24, 2.45) is 0 Å². The average molecular weight is 269 g/mol. The first-order chi connectivity index (χ1) is 9.15. The Morgan fingerprint density at radius 1 is 1.26 bits per heavy atom. The van der Waals surface area contributed by atoms with Gasteiger partial charge in [0.05, 0.1) is 20.4 Å². The Morgan fingerprint density at radius 2 is 1.95 bits per heavy atom. The van der Waals surface area contributed by atoms with Crippen LogP contribution in [0, 0.1) is 0 Å². The minimum atomic E-state index is -0.686. The van der Waals surface area contributed by atoms with Gasteiger partial charge < -0.3 is 19.5 Å². The highest BCUT2D eigenvalue weighted by Crippen LogP contribution is 2.25. The first-order valence-corrected chi connectivity index (χ1v) is 6.51. The van der Waals surface area contributed by atoms with E-state index in [1.54, 1.807) is 0 Å². The molecule has 1 N–H and O–H groups in total. The molecule has 0 spiro atoms. The van der Waals surface area contributed by atoms with Crippen molar-refractivity contribution < 1.29 is 14.6 Å². The summed E-state index contributed by atoms with van der Waals surface area (Å²) in [6.45, 7) is 6.95. The second-order valence-corrected chi connectivity index (χ2v) is 4.14. The molecule has 1 aromatic rings. The van der Waals surface area contributed by atoms with E-state index in [9.17, 15) is 5.11 Å². The lowest BCUT2D eigenvalue weighted by atomic mass is 10.1. The molecule has 1 heterocycles. The summed E-state index contributed by atoms with van der Waals surface area (Å²) in [7, 11) is 3.02. The van der Waals surface area contributed by atoms with E-state index in [-0.39, 0.29) is 0 Å². The van der Waals surface area contributed by atoms with Crippen molar-refractivity contribution in [1.29, 1.82) is 0 Å². The Bertz CT molecular complexity index is 383. The van der Waals surface area contributed by atoms with E-state index >= 15 is 0 Å². The Morgan fingerprint density at radius 3 is 2.47 bits per heavy atom. The largest absolute Gasteiger partial charge is 0.480 e. The minimum absolute atomic E-state index is 0.311. The third-order valence-electron chi connectivity index (χ3n) is 3.08. The molecule has 0 aliphatic carbocycles. The topological polar surface area (TPSA) is 67.7 Å². The molecule has 0 fully saturated rings. The molecule has 0 aliphatic rings. The molecular weight excluding hydrogens is 246 g/mol. The number of hydrogen-bond donors (Lipinski definition) is 1. The number of aromatic nitrogens is 2. The van der Waals surface area contributed by atoms with Gasteiger partial charge in [-0.05, 0) is 19.5 Å². The minimum Gasteiger partial charge on any atom is -0.480 e. The van der Waals surface area contributed by atoms with Crippen molar-refractivity contribution >= 4 is 0 Å². The zero-order valence-electron chi connectivity index (χ0n) is 12.1. The van der Waals surface area contributed by atoms with Gasteiger partial charge in [0.1, 0.15) is 11.8 Å². The van der Waals surface area contributed by atoms with Crippen LogP contribution in [0.5, 0.6) is 11.8 Å². The monoisotopic (exact) mass is 269 g/mol. The van der Waals surface area contributed by atoms with E-state index in [0.29, 0.717) is 23.9 Å². The highest BCUT2D eigenvalue weighted by atomic mass is 16.5. The zero-order valence-corrected chi connectivity index (χ0v) is 12.1. The second kappa shape index (κ2) is 7.91. The van der Waals surface area contributed by atoms with Gasteiger partial charge in [0, 0.05) is 6.54 Å². The van der Waals surface area contributed by atoms with Gasteiger partial charge in [-0.25, -0.2) is 4.98 Å². The fourth-order valence-electron chi connectivity index (χ4n) is 1.82. The van der Waals surface area contributed by atoms with Crippen LogP contribution in [0.1, 0.15) is 32.1 Å². The molecule has 6 nitrogen and oxygen atoms in total. The smallest absolute Gasteiger partial charge is 0.241 e. The van der Waals surface area contributed by atoms with E-state index in [0.717, 1.165) is 19.6 Å². The van der Waals surface area contributed by atoms with Crippen LogP contribution in [-0.4, -0.2) is 53.8 Å². The summed E-state index contributed by atoms with van der Waals surface area (Å²) in [5.41, 5.74) is 0.454. The highest BCUT2D eigenvalue weighted by molar-refractivity contribution is 5.24. The summed E-state index contributed by atoms with van der Waals surface area (Å²) in [5, 5.41) is 10.2. The summed E-state index contributed by atoms with van der Waals surface area (Å²) >= 11 is 0. The molecule has 1 unspecified atom stereocenters. The van der Waals surface area contributed by atoms with Crippen LogP contribution in [0.4, 0.5) is 0 Å². The maximum absolute atomic E-state index is 10.2. The molecule has 19 heavy (non-hydrogen) atoms. The van der Waals surface area contributed by atoms with Crippen LogP contribution in [0.2, 0.25) is 0 Å². The molecule has 0 saturated carbocycles. The van der Waals surface area contributed by atoms with Gasteiger partial charge in [0.25, 0.3) is 0 Å². The number of nitrogens with zero attached hydrogens (tertiary/aromatic N) is 3. The summed E-state index contributed by atoms with van der Waals surface area (Å²) < 4.78 is 10.1. The lowest BCUT2D eigenvalue weighted by molar-refractivity contribution is 0.136. The summed E-state index contributed by atoms with van der Waals surface area (Å²) in [6, 6.07) is 0. The molecule has 6 heteroatoms. The van der Waals surface area contributed by atoms with Crippen LogP contribution in [0.3, 0.4) is 0 Å². The van der Waals surface area contributed by atoms with Gasteiger partial charge in [-0.2, -0.15) is 4.98 Å². The van der Waals surface area contributed by atoms with Crippen molar-refractivity contribution in [1.82, 2.24) is 14.9 Å². The molecule has 0 bridgehead atoms. The predicted molar refractivity (Wildman–Crippen MR) is 72.5 cm³/mol. The Hall–Kier alpha value is -1.40. The number of hydrogen-bond acceptors (Lipinski definition) is 6. The number of aliphatic hydroxyl groups is 1. The molecule has 0 amide bonds.